The van der Waals surface area contributed by atoms with Crippen LogP contribution in [0.1, 0.15) is 36.1 Å². The van der Waals surface area contributed by atoms with Crippen LogP contribution in [0.15, 0.2) is 42.5 Å². The average molecular weight is 268 g/mol. The summed E-state index contributed by atoms with van der Waals surface area (Å²) in [5.74, 6) is 0. The van der Waals surface area contributed by atoms with E-state index < -0.39 is 0 Å². The zero-order chi connectivity index (χ0) is 14.7. The quantitative estimate of drug-likeness (QED) is 0.885. The van der Waals surface area contributed by atoms with E-state index in [-0.39, 0.29) is 6.04 Å². The Morgan fingerprint density at radius 3 is 2.25 bits per heavy atom. The van der Waals surface area contributed by atoms with Gasteiger partial charge in [-0.3, -0.25) is 0 Å². The number of hydrogen-bond acceptors (Lipinski definition) is 2. The van der Waals surface area contributed by atoms with E-state index in [0.29, 0.717) is 0 Å². The minimum absolute atomic E-state index is 0.135. The molecule has 0 saturated carbocycles. The van der Waals surface area contributed by atoms with E-state index in [2.05, 4.69) is 75.2 Å². The first kappa shape index (κ1) is 14.6. The van der Waals surface area contributed by atoms with Crippen LogP contribution in [0.4, 0.5) is 11.4 Å². The lowest BCUT2D eigenvalue weighted by Crippen LogP contribution is -2.12. The summed E-state index contributed by atoms with van der Waals surface area (Å²) >= 11 is 0. The van der Waals surface area contributed by atoms with Crippen molar-refractivity contribution in [3.05, 3.63) is 59.2 Å². The van der Waals surface area contributed by atoms with Crippen LogP contribution in [0.3, 0.4) is 0 Å². The van der Waals surface area contributed by atoms with E-state index in [1.165, 1.54) is 28.1 Å². The molecule has 0 amide bonds. The summed E-state index contributed by atoms with van der Waals surface area (Å²) < 4.78 is 0. The summed E-state index contributed by atoms with van der Waals surface area (Å²) in [6, 6.07) is 15.2. The number of aryl methyl sites for hydroxylation is 2. The van der Waals surface area contributed by atoms with E-state index in [4.69, 9.17) is 5.73 Å². The standard InChI is InChI=1S/C18H24N2/c1-5-17(19)15-7-9-16(10-8-15)20(4)18-11-6-13(2)12-14(18)3/h6-12,17H,5,19H2,1-4H3. The molecule has 2 aromatic rings. The van der Waals surface area contributed by atoms with Gasteiger partial charge in [0.1, 0.15) is 0 Å². The van der Waals surface area contributed by atoms with Gasteiger partial charge in [0.05, 0.1) is 0 Å². The molecule has 0 aliphatic heterocycles. The van der Waals surface area contributed by atoms with Crippen molar-refractivity contribution in [2.24, 2.45) is 5.73 Å². The first-order valence-corrected chi connectivity index (χ1v) is 7.19. The number of anilines is 2. The molecule has 2 aromatic carbocycles. The van der Waals surface area contributed by atoms with E-state index in [1.54, 1.807) is 0 Å². The first-order valence-electron chi connectivity index (χ1n) is 7.19. The van der Waals surface area contributed by atoms with Gasteiger partial charge in [0, 0.05) is 24.5 Å². The summed E-state index contributed by atoms with van der Waals surface area (Å²) in [6.07, 6.45) is 0.965. The molecule has 2 heteroatoms. The third-order valence-electron chi connectivity index (χ3n) is 3.86. The van der Waals surface area contributed by atoms with Crippen LogP contribution in [-0.4, -0.2) is 7.05 Å². The second kappa shape index (κ2) is 6.10. The van der Waals surface area contributed by atoms with Crippen molar-refractivity contribution in [3.8, 4) is 0 Å². The van der Waals surface area contributed by atoms with Crippen LogP contribution in [0, 0.1) is 13.8 Å². The summed E-state index contributed by atoms with van der Waals surface area (Å²) in [5.41, 5.74) is 12.3. The van der Waals surface area contributed by atoms with Crippen molar-refractivity contribution in [2.45, 2.75) is 33.2 Å². The zero-order valence-electron chi connectivity index (χ0n) is 12.9. The van der Waals surface area contributed by atoms with Crippen molar-refractivity contribution in [1.29, 1.82) is 0 Å². The summed E-state index contributed by atoms with van der Waals surface area (Å²) in [7, 11) is 2.10. The number of nitrogens with zero attached hydrogens (tertiary/aromatic N) is 1. The Hall–Kier alpha value is -1.80. The molecule has 0 aliphatic rings. The Labute approximate surface area is 122 Å². The molecule has 0 fully saturated rings. The molecular weight excluding hydrogens is 244 g/mol. The first-order chi connectivity index (χ1) is 9.52. The Morgan fingerprint density at radius 2 is 1.70 bits per heavy atom. The van der Waals surface area contributed by atoms with Gasteiger partial charge in [0.2, 0.25) is 0 Å². The van der Waals surface area contributed by atoms with Crippen LogP contribution >= 0.6 is 0 Å². The molecule has 2 N–H and O–H groups in total. The van der Waals surface area contributed by atoms with Gasteiger partial charge in [-0.05, 0) is 49.6 Å². The lowest BCUT2D eigenvalue weighted by molar-refractivity contribution is 0.699. The Bertz CT molecular complexity index is 572. The third kappa shape index (κ3) is 3.02. The van der Waals surface area contributed by atoms with Crippen LogP contribution in [0.25, 0.3) is 0 Å². The second-order valence-corrected chi connectivity index (χ2v) is 5.46. The normalized spacial score (nSPS) is 12.2. The molecule has 0 aromatic heterocycles. The Kier molecular flexibility index (Phi) is 4.46. The number of hydrogen-bond donors (Lipinski definition) is 1. The van der Waals surface area contributed by atoms with Crippen LogP contribution in [0.5, 0.6) is 0 Å². The molecule has 0 saturated heterocycles. The second-order valence-electron chi connectivity index (χ2n) is 5.46. The fourth-order valence-electron chi connectivity index (χ4n) is 2.50. The molecule has 0 radical (unpaired) electrons. The minimum atomic E-state index is 0.135. The largest absolute Gasteiger partial charge is 0.344 e. The number of benzene rings is 2. The van der Waals surface area contributed by atoms with Crippen LogP contribution in [-0.2, 0) is 0 Å². The van der Waals surface area contributed by atoms with E-state index in [1.807, 2.05) is 0 Å². The SMILES string of the molecule is CCC(N)c1ccc(N(C)c2ccc(C)cc2C)cc1. The molecule has 20 heavy (non-hydrogen) atoms. The van der Waals surface area contributed by atoms with Crippen molar-refractivity contribution < 1.29 is 0 Å². The van der Waals surface area contributed by atoms with Gasteiger partial charge in [-0.2, -0.15) is 0 Å². The predicted molar refractivity (Wildman–Crippen MR) is 87.6 cm³/mol. The van der Waals surface area contributed by atoms with Gasteiger partial charge in [-0.25, -0.2) is 0 Å². The van der Waals surface area contributed by atoms with Crippen LogP contribution in [0.2, 0.25) is 0 Å². The maximum absolute atomic E-state index is 6.06. The van der Waals surface area contributed by atoms with Crippen molar-refractivity contribution >= 4 is 11.4 Å². The van der Waals surface area contributed by atoms with Crippen molar-refractivity contribution in [1.82, 2.24) is 0 Å². The highest BCUT2D eigenvalue weighted by molar-refractivity contribution is 5.66. The van der Waals surface area contributed by atoms with Crippen LogP contribution < -0.4 is 10.6 Å². The maximum atomic E-state index is 6.06. The van der Waals surface area contributed by atoms with Gasteiger partial charge in [0.25, 0.3) is 0 Å². The van der Waals surface area contributed by atoms with E-state index >= 15 is 0 Å². The fourth-order valence-corrected chi connectivity index (χ4v) is 2.50. The molecule has 0 aliphatic carbocycles. The smallest absolute Gasteiger partial charge is 0.0437 e. The molecule has 0 bridgehead atoms. The third-order valence-corrected chi connectivity index (χ3v) is 3.86. The lowest BCUT2D eigenvalue weighted by atomic mass is 10.0. The molecular formula is C18H24N2. The Balaban J connectivity index is 2.26. The van der Waals surface area contributed by atoms with E-state index in [9.17, 15) is 0 Å². The average Bonchev–Trinajstić information content (AvgIpc) is 2.46. The summed E-state index contributed by atoms with van der Waals surface area (Å²) in [5, 5.41) is 0. The van der Waals surface area contributed by atoms with Crippen molar-refractivity contribution in [2.75, 3.05) is 11.9 Å². The summed E-state index contributed by atoms with van der Waals surface area (Å²) in [6.45, 7) is 6.39. The van der Waals surface area contributed by atoms with Gasteiger partial charge in [-0.15, -0.1) is 0 Å². The number of nitrogens with two attached hydrogens (primary N) is 1. The zero-order valence-corrected chi connectivity index (χ0v) is 12.9. The molecule has 0 heterocycles. The number of rotatable bonds is 4. The predicted octanol–water partition coefficient (Wildman–Crippen LogP) is 4.48. The van der Waals surface area contributed by atoms with Gasteiger partial charge in [0.15, 0.2) is 0 Å². The lowest BCUT2D eigenvalue weighted by Gasteiger charge is -2.22. The van der Waals surface area contributed by atoms with E-state index in [0.717, 1.165) is 6.42 Å². The summed E-state index contributed by atoms with van der Waals surface area (Å²) in [4.78, 5) is 2.22. The highest BCUT2D eigenvalue weighted by Gasteiger charge is 2.08. The fraction of sp³-hybridized carbons (Fsp3) is 0.333. The van der Waals surface area contributed by atoms with Gasteiger partial charge >= 0.3 is 0 Å². The topological polar surface area (TPSA) is 29.3 Å². The molecule has 1 atom stereocenters. The minimum Gasteiger partial charge on any atom is -0.344 e. The monoisotopic (exact) mass is 268 g/mol. The van der Waals surface area contributed by atoms with Crippen molar-refractivity contribution in [3.63, 3.8) is 0 Å². The Morgan fingerprint density at radius 1 is 1.05 bits per heavy atom. The molecule has 2 nitrogen and oxygen atoms in total. The molecule has 106 valence electrons. The molecule has 0 spiro atoms. The highest BCUT2D eigenvalue weighted by Crippen LogP contribution is 2.28. The molecule has 2 rings (SSSR count). The van der Waals surface area contributed by atoms with Gasteiger partial charge < -0.3 is 10.6 Å². The van der Waals surface area contributed by atoms with Gasteiger partial charge in [-0.1, -0.05) is 36.8 Å². The maximum Gasteiger partial charge on any atom is 0.0437 e. The highest BCUT2D eigenvalue weighted by atomic mass is 15.1. The molecule has 1 unspecified atom stereocenters.